The third kappa shape index (κ3) is 21.0. The van der Waals surface area contributed by atoms with Gasteiger partial charge in [-0.15, -0.1) is 0 Å². The lowest BCUT2D eigenvalue weighted by Crippen LogP contribution is -2.61. The van der Waals surface area contributed by atoms with E-state index >= 15 is 0 Å². The van der Waals surface area contributed by atoms with Gasteiger partial charge >= 0.3 is 5.97 Å². The summed E-state index contributed by atoms with van der Waals surface area (Å²) in [6.07, 6.45) is 1.69. The lowest BCUT2D eigenvalue weighted by Gasteiger charge is -2.29. The van der Waals surface area contributed by atoms with Crippen LogP contribution in [0.25, 0.3) is 10.9 Å². The topological polar surface area (TPSA) is 461 Å². The molecular formula is C48H72N16O11. The lowest BCUT2D eigenvalue weighted by molar-refractivity contribution is -0.141. The van der Waals surface area contributed by atoms with Gasteiger partial charge in [0.1, 0.15) is 48.3 Å². The highest BCUT2D eigenvalue weighted by atomic mass is 16.4. The number of nitrogens with one attached hydrogen (secondary N) is 9. The number of hydrogen-bond donors (Lipinski definition) is 16. The van der Waals surface area contributed by atoms with Crippen LogP contribution in [0.2, 0.25) is 0 Å². The summed E-state index contributed by atoms with van der Waals surface area (Å²) in [6, 6.07) is 5.23. The number of aliphatic imine (C=N–C) groups is 2. The second-order valence-corrected chi connectivity index (χ2v) is 18.0. The smallest absolute Gasteiger partial charge is 0.325 e. The fourth-order valence-corrected chi connectivity index (χ4v) is 7.34. The van der Waals surface area contributed by atoms with Crippen LogP contribution in [0.5, 0.6) is 0 Å². The standard InChI is InChI=1S/C48H72N16O11/c1-25(2)38(45(73)63-35(20-28-12-6-5-7-13-28)43(71)59-26(3)39(67)57-23-37(66)58-27(4)46(74)75)64-42(70)34(17-11-19-55-48(52)53)61-44(72)36(21-29-22-56-32-15-9-8-14-30(29)32)62-41(69)33(16-10-18-54-47(50)51)60-40(68)31(49)24-65/h5-9,12-15,22,25-27,31,33-36,38,56,65H,10-11,16-21,23-24,49H2,1-4H3,(H,57,67)(H,58,66)(H,59,71)(H,60,68)(H,61,72)(H,62,69)(H,63,73)(H,64,70)(H,74,75)(H4,50,51,54)(H4,52,53,55)/t26-,27-,31-,33-,34-,35-,36-,38-/m0/s1. The summed E-state index contributed by atoms with van der Waals surface area (Å²) < 4.78 is 0. The first-order valence-electron chi connectivity index (χ1n) is 24.2. The molecule has 0 aliphatic rings. The van der Waals surface area contributed by atoms with E-state index in [1.807, 2.05) is 6.07 Å². The number of aliphatic hydroxyl groups is 1. The molecule has 0 aliphatic heterocycles. The number of aliphatic carboxylic acids is 1. The molecule has 2 aromatic carbocycles. The minimum Gasteiger partial charge on any atom is -0.480 e. The van der Waals surface area contributed by atoms with Crippen LogP contribution >= 0.6 is 0 Å². The Morgan fingerprint density at radius 1 is 0.587 bits per heavy atom. The highest BCUT2D eigenvalue weighted by Crippen LogP contribution is 2.20. The molecule has 0 radical (unpaired) electrons. The molecule has 3 aromatic rings. The van der Waals surface area contributed by atoms with Crippen LogP contribution in [-0.2, 0) is 56.0 Å². The van der Waals surface area contributed by atoms with Crippen molar-refractivity contribution in [3.63, 3.8) is 0 Å². The van der Waals surface area contributed by atoms with Gasteiger partial charge < -0.3 is 86.4 Å². The van der Waals surface area contributed by atoms with Crippen molar-refractivity contribution in [2.45, 2.75) is 115 Å². The number of amides is 8. The van der Waals surface area contributed by atoms with E-state index in [-0.39, 0.29) is 63.5 Å². The number of rotatable bonds is 31. The number of H-pyrrole nitrogens is 1. The van der Waals surface area contributed by atoms with E-state index < -0.39 is 121 Å². The predicted molar refractivity (Wildman–Crippen MR) is 277 cm³/mol. The van der Waals surface area contributed by atoms with Gasteiger partial charge in [-0.3, -0.25) is 53.1 Å². The van der Waals surface area contributed by atoms with Crippen molar-refractivity contribution in [3.05, 3.63) is 71.9 Å². The van der Waals surface area contributed by atoms with Gasteiger partial charge in [-0.05, 0) is 62.6 Å². The van der Waals surface area contributed by atoms with Gasteiger partial charge in [0.05, 0.1) is 13.2 Å². The monoisotopic (exact) mass is 1050 g/mol. The number of aliphatic hydroxyl groups excluding tert-OH is 1. The largest absolute Gasteiger partial charge is 0.480 e. The maximum Gasteiger partial charge on any atom is 0.325 e. The van der Waals surface area contributed by atoms with E-state index in [4.69, 9.17) is 33.8 Å². The quantitative estimate of drug-likeness (QED) is 0.0165. The minimum absolute atomic E-state index is 0.0261. The molecule has 410 valence electrons. The van der Waals surface area contributed by atoms with Gasteiger partial charge in [-0.1, -0.05) is 62.4 Å². The van der Waals surface area contributed by atoms with Crippen LogP contribution in [0, 0.1) is 5.92 Å². The van der Waals surface area contributed by atoms with Crippen molar-refractivity contribution >= 4 is 76.0 Å². The Labute approximate surface area is 433 Å². The minimum atomic E-state index is -1.41. The summed E-state index contributed by atoms with van der Waals surface area (Å²) >= 11 is 0. The number of fused-ring (bicyclic) bond motifs is 1. The van der Waals surface area contributed by atoms with Crippen molar-refractivity contribution in [1.82, 2.24) is 47.5 Å². The fraction of sp³-hybridized carbons (Fsp3) is 0.479. The summed E-state index contributed by atoms with van der Waals surface area (Å²) in [5.41, 5.74) is 29.7. The van der Waals surface area contributed by atoms with Crippen LogP contribution in [0.3, 0.4) is 0 Å². The summed E-state index contributed by atoms with van der Waals surface area (Å²) in [7, 11) is 0. The number of aromatic amines is 1. The summed E-state index contributed by atoms with van der Waals surface area (Å²) in [5.74, 6) is -8.85. The Hall–Kier alpha value is -8.33. The van der Waals surface area contributed by atoms with Crippen LogP contribution in [0.1, 0.15) is 64.5 Å². The Morgan fingerprint density at radius 3 is 1.67 bits per heavy atom. The number of benzene rings is 2. The molecule has 75 heavy (non-hydrogen) atoms. The molecule has 1 aromatic heterocycles. The summed E-state index contributed by atoms with van der Waals surface area (Å²) in [5, 5.41) is 39.7. The van der Waals surface area contributed by atoms with E-state index in [0.717, 1.165) is 10.9 Å². The van der Waals surface area contributed by atoms with Crippen molar-refractivity contribution in [2.24, 2.45) is 44.6 Å². The first-order chi connectivity index (χ1) is 35.5. The molecule has 8 amide bonds. The average molecular weight is 1050 g/mol. The molecule has 0 aliphatic carbocycles. The Bertz CT molecular complexity index is 2490. The molecule has 0 saturated heterocycles. The van der Waals surface area contributed by atoms with Crippen LogP contribution < -0.4 is 71.2 Å². The lowest BCUT2D eigenvalue weighted by atomic mass is 9.99. The van der Waals surface area contributed by atoms with Gasteiger partial charge in [-0.2, -0.15) is 0 Å². The zero-order valence-corrected chi connectivity index (χ0v) is 42.4. The highest BCUT2D eigenvalue weighted by molar-refractivity contribution is 5.98. The van der Waals surface area contributed by atoms with Gasteiger partial charge in [0.15, 0.2) is 11.9 Å². The molecule has 1 heterocycles. The van der Waals surface area contributed by atoms with Crippen molar-refractivity contribution in [3.8, 4) is 0 Å². The molecule has 27 nitrogen and oxygen atoms in total. The van der Waals surface area contributed by atoms with Crippen molar-refractivity contribution < 1.29 is 53.4 Å². The SMILES string of the molecule is CC(C)[C@H](NC(=O)[C@H](CCCN=C(N)N)NC(=O)[C@H](Cc1c[nH]c2ccccc12)NC(=O)[C@H](CCCN=C(N)N)NC(=O)[C@@H](N)CO)C(=O)N[C@@H](Cc1ccccc1)C(=O)N[C@@H](C)C(=O)NCC(=O)N[C@@H](C)C(=O)O. The van der Waals surface area contributed by atoms with Gasteiger partial charge in [0.2, 0.25) is 47.3 Å². The van der Waals surface area contributed by atoms with E-state index in [1.165, 1.54) is 13.8 Å². The van der Waals surface area contributed by atoms with E-state index in [9.17, 15) is 48.3 Å². The van der Waals surface area contributed by atoms with Crippen molar-refractivity contribution in [1.29, 1.82) is 0 Å². The molecule has 21 N–H and O–H groups in total. The van der Waals surface area contributed by atoms with Gasteiger partial charge in [0.25, 0.3) is 0 Å². The summed E-state index contributed by atoms with van der Waals surface area (Å²) in [4.78, 5) is 131. The maximum absolute atomic E-state index is 14.6. The van der Waals surface area contributed by atoms with E-state index in [0.29, 0.717) is 11.1 Å². The first-order valence-corrected chi connectivity index (χ1v) is 24.2. The molecular weight excluding hydrogens is 977 g/mol. The number of para-hydroxylation sites is 1. The molecule has 0 spiro atoms. The number of carbonyl (C=O) groups excluding carboxylic acids is 8. The van der Waals surface area contributed by atoms with Crippen molar-refractivity contribution in [2.75, 3.05) is 26.2 Å². The fourth-order valence-electron chi connectivity index (χ4n) is 7.34. The van der Waals surface area contributed by atoms with Crippen LogP contribution in [-0.4, -0.2) is 155 Å². The second kappa shape index (κ2) is 30.6. The average Bonchev–Trinajstić information content (AvgIpc) is 3.77. The van der Waals surface area contributed by atoms with E-state index in [1.54, 1.807) is 68.6 Å². The molecule has 0 unspecified atom stereocenters. The number of nitrogens with zero attached hydrogens (tertiary/aromatic N) is 2. The normalized spacial score (nSPS) is 14.2. The molecule has 27 heteroatoms. The second-order valence-electron chi connectivity index (χ2n) is 18.0. The van der Waals surface area contributed by atoms with E-state index in [2.05, 4.69) is 57.5 Å². The van der Waals surface area contributed by atoms with Crippen LogP contribution in [0.15, 0.2) is 70.8 Å². The zero-order chi connectivity index (χ0) is 55.8. The third-order valence-corrected chi connectivity index (χ3v) is 11.5. The predicted octanol–water partition coefficient (Wildman–Crippen LogP) is -4.33. The number of nitrogens with two attached hydrogens (primary N) is 5. The molecule has 3 rings (SSSR count). The van der Waals surface area contributed by atoms with Gasteiger partial charge in [0, 0.05) is 43.0 Å². The highest BCUT2D eigenvalue weighted by Gasteiger charge is 2.35. The zero-order valence-electron chi connectivity index (χ0n) is 42.4. The Morgan fingerprint density at radius 2 is 1.09 bits per heavy atom. The number of aromatic nitrogens is 1. The summed E-state index contributed by atoms with van der Waals surface area (Å²) in [6.45, 7) is 4.66. The number of carbonyl (C=O) groups is 9. The Kier molecular flexibility index (Phi) is 24.9. The number of hydrogen-bond acceptors (Lipinski definition) is 13. The number of guanidine groups is 2. The first kappa shape index (κ1) is 61.0. The third-order valence-electron chi connectivity index (χ3n) is 11.5. The number of carboxylic acids is 1. The maximum atomic E-state index is 14.6. The van der Waals surface area contributed by atoms with Crippen LogP contribution in [0.4, 0.5) is 0 Å². The Balaban J connectivity index is 1.94. The molecule has 8 atom stereocenters. The molecule has 0 fully saturated rings. The molecule has 0 saturated carbocycles. The van der Waals surface area contributed by atoms with Gasteiger partial charge in [-0.25, -0.2) is 0 Å². The number of carboxylic acid groups (broad SMARTS) is 1. The molecule has 0 bridgehead atoms.